The normalized spacial score (nSPS) is 38.4. The molecule has 0 aromatic carbocycles. The lowest BCUT2D eigenvalue weighted by molar-refractivity contribution is -0.161. The Bertz CT molecular complexity index is 514. The van der Waals surface area contributed by atoms with E-state index in [1.54, 1.807) is 0 Å². The van der Waals surface area contributed by atoms with E-state index < -0.39 is 0 Å². The summed E-state index contributed by atoms with van der Waals surface area (Å²) >= 11 is 0. The molecule has 0 N–H and O–H groups in total. The Balaban J connectivity index is 2.31. The maximum Gasteiger partial charge on any atom is 0.303 e. The Morgan fingerprint density at radius 1 is 1.29 bits per heavy atom. The second kappa shape index (κ2) is 7.45. The van der Waals surface area contributed by atoms with E-state index in [9.17, 15) is 4.79 Å². The minimum Gasteiger partial charge on any atom is -0.460 e. The Morgan fingerprint density at radius 3 is 2.67 bits per heavy atom. The summed E-state index contributed by atoms with van der Waals surface area (Å²) in [6, 6.07) is 0. The Hall–Kier alpha value is -1.05. The fourth-order valence-electron chi connectivity index (χ4n) is 4.89. The minimum atomic E-state index is -0.383. The monoisotopic (exact) mass is 332 g/mol. The summed E-state index contributed by atoms with van der Waals surface area (Å²) in [6.45, 7) is 12.7. The van der Waals surface area contributed by atoms with Crippen LogP contribution < -0.4 is 0 Å². The summed E-state index contributed by atoms with van der Waals surface area (Å²) in [6.07, 6.45) is 14.5. The van der Waals surface area contributed by atoms with E-state index in [1.807, 2.05) is 0 Å². The Kier molecular flexibility index (Phi) is 5.99. The van der Waals surface area contributed by atoms with Gasteiger partial charge in [-0.2, -0.15) is 0 Å². The molecule has 2 aliphatic carbocycles. The zero-order valence-corrected chi connectivity index (χ0v) is 16.5. The van der Waals surface area contributed by atoms with Gasteiger partial charge in [0.25, 0.3) is 0 Å². The van der Waals surface area contributed by atoms with Gasteiger partial charge in [-0.3, -0.25) is 4.79 Å². The summed E-state index contributed by atoms with van der Waals surface area (Å²) in [5.74, 6) is 1.47. The van der Waals surface area contributed by atoms with E-state index in [0.29, 0.717) is 17.8 Å². The van der Waals surface area contributed by atoms with Crippen LogP contribution in [0.15, 0.2) is 23.8 Å². The number of ether oxygens (including phenoxy) is 1. The van der Waals surface area contributed by atoms with Gasteiger partial charge in [0, 0.05) is 12.8 Å². The van der Waals surface area contributed by atoms with Crippen molar-refractivity contribution in [3.05, 3.63) is 23.8 Å². The van der Waals surface area contributed by atoms with Crippen LogP contribution in [0.25, 0.3) is 0 Å². The molecule has 136 valence electrons. The second-order valence-corrected chi connectivity index (χ2v) is 8.96. The summed E-state index contributed by atoms with van der Waals surface area (Å²) in [7, 11) is 0. The molecule has 1 fully saturated rings. The van der Waals surface area contributed by atoms with E-state index in [4.69, 9.17) is 4.74 Å². The van der Waals surface area contributed by atoms with Crippen molar-refractivity contribution in [3.8, 4) is 0 Å². The molecule has 0 spiro atoms. The maximum absolute atomic E-state index is 11.6. The van der Waals surface area contributed by atoms with E-state index in [-0.39, 0.29) is 17.0 Å². The fourth-order valence-corrected chi connectivity index (χ4v) is 4.89. The standard InChI is InChI=1S/C22H36O2/c1-16-8-7-9-17(2)12-14-22(6)15-13-19(20(22)11-10-16)21(4,5)24-18(3)23/h8,12,14,17,19-20H,7,9-11,13,15H2,1-6H3/b14-12+,16-8+/t17-,19+,20-,22-/m1/s1. The van der Waals surface area contributed by atoms with Crippen LogP contribution >= 0.6 is 0 Å². The maximum atomic E-state index is 11.6. The van der Waals surface area contributed by atoms with E-state index >= 15 is 0 Å². The van der Waals surface area contributed by atoms with Crippen LogP contribution in [0.5, 0.6) is 0 Å². The number of carbonyl (C=O) groups excluding carboxylic acids is 1. The molecule has 0 heterocycles. The van der Waals surface area contributed by atoms with Crippen LogP contribution in [0.2, 0.25) is 0 Å². The van der Waals surface area contributed by atoms with Gasteiger partial charge >= 0.3 is 5.97 Å². The van der Waals surface area contributed by atoms with Gasteiger partial charge in [-0.1, -0.05) is 37.6 Å². The minimum absolute atomic E-state index is 0.162. The first kappa shape index (κ1) is 19.3. The van der Waals surface area contributed by atoms with Gasteiger partial charge in [0.05, 0.1) is 0 Å². The summed E-state index contributed by atoms with van der Waals surface area (Å²) in [5.41, 5.74) is 1.36. The molecule has 0 amide bonds. The van der Waals surface area contributed by atoms with Gasteiger partial charge in [0.1, 0.15) is 5.60 Å². The van der Waals surface area contributed by atoms with Crippen molar-refractivity contribution in [2.45, 2.75) is 85.7 Å². The molecule has 0 saturated heterocycles. The molecule has 0 aromatic heterocycles. The molecule has 1 saturated carbocycles. The highest BCUT2D eigenvalue weighted by Gasteiger charge is 2.50. The lowest BCUT2D eigenvalue weighted by Gasteiger charge is -2.39. The van der Waals surface area contributed by atoms with Crippen LogP contribution in [0.3, 0.4) is 0 Å². The van der Waals surface area contributed by atoms with E-state index in [2.05, 4.69) is 52.8 Å². The molecule has 24 heavy (non-hydrogen) atoms. The van der Waals surface area contributed by atoms with E-state index in [1.165, 1.54) is 38.2 Å². The SMILES string of the molecule is CC(=O)OC(C)(C)[C@H]1CC[C@@]2(C)/C=C/[C@H](C)CC/C=C(\C)CC[C@H]12. The van der Waals surface area contributed by atoms with Crippen molar-refractivity contribution >= 4 is 5.97 Å². The molecule has 0 aromatic rings. The number of fused-ring (bicyclic) bond motifs is 1. The molecule has 2 rings (SSSR count). The molecule has 2 nitrogen and oxygen atoms in total. The summed E-state index contributed by atoms with van der Waals surface area (Å²) in [4.78, 5) is 11.6. The van der Waals surface area contributed by atoms with Gasteiger partial charge in [0.2, 0.25) is 0 Å². The highest BCUT2D eigenvalue weighted by Crippen LogP contribution is 2.54. The fraction of sp³-hybridized carbons (Fsp3) is 0.773. The van der Waals surface area contributed by atoms with Gasteiger partial charge in [-0.15, -0.1) is 0 Å². The van der Waals surface area contributed by atoms with Crippen molar-refractivity contribution < 1.29 is 9.53 Å². The lowest BCUT2D eigenvalue weighted by atomic mass is 9.70. The number of allylic oxidation sites excluding steroid dienone is 4. The number of hydrogen-bond acceptors (Lipinski definition) is 2. The molecule has 0 bridgehead atoms. The van der Waals surface area contributed by atoms with Crippen LogP contribution in [0.4, 0.5) is 0 Å². The Labute approximate surface area is 148 Å². The molecule has 4 atom stereocenters. The van der Waals surface area contributed by atoms with Crippen molar-refractivity contribution in [1.82, 2.24) is 0 Å². The quantitative estimate of drug-likeness (QED) is 0.453. The highest BCUT2D eigenvalue weighted by atomic mass is 16.6. The molecule has 0 radical (unpaired) electrons. The van der Waals surface area contributed by atoms with Gasteiger partial charge in [-0.05, 0) is 76.5 Å². The van der Waals surface area contributed by atoms with Crippen LogP contribution in [-0.4, -0.2) is 11.6 Å². The molecular weight excluding hydrogens is 296 g/mol. The highest BCUT2D eigenvalue weighted by molar-refractivity contribution is 5.66. The smallest absolute Gasteiger partial charge is 0.303 e. The molecule has 0 aliphatic heterocycles. The third-order valence-electron chi connectivity index (χ3n) is 6.40. The topological polar surface area (TPSA) is 26.3 Å². The summed E-state index contributed by atoms with van der Waals surface area (Å²) < 4.78 is 5.74. The first-order chi connectivity index (χ1) is 11.1. The van der Waals surface area contributed by atoms with Crippen LogP contribution in [0, 0.1) is 23.2 Å². The van der Waals surface area contributed by atoms with Crippen LogP contribution in [-0.2, 0) is 9.53 Å². The number of carbonyl (C=O) groups is 1. The second-order valence-electron chi connectivity index (χ2n) is 8.96. The summed E-state index contributed by atoms with van der Waals surface area (Å²) in [5, 5.41) is 0. The van der Waals surface area contributed by atoms with E-state index in [0.717, 1.165) is 12.8 Å². The van der Waals surface area contributed by atoms with Crippen molar-refractivity contribution in [3.63, 3.8) is 0 Å². The average molecular weight is 333 g/mol. The van der Waals surface area contributed by atoms with Crippen molar-refractivity contribution in [1.29, 1.82) is 0 Å². The first-order valence-electron chi connectivity index (χ1n) is 9.68. The zero-order valence-electron chi connectivity index (χ0n) is 16.5. The predicted molar refractivity (Wildman–Crippen MR) is 101 cm³/mol. The number of esters is 1. The van der Waals surface area contributed by atoms with Gasteiger partial charge in [0.15, 0.2) is 0 Å². The largest absolute Gasteiger partial charge is 0.460 e. The lowest BCUT2D eigenvalue weighted by Crippen LogP contribution is -2.40. The Morgan fingerprint density at radius 2 is 2.00 bits per heavy atom. The number of rotatable bonds is 2. The van der Waals surface area contributed by atoms with Crippen LogP contribution in [0.1, 0.15) is 80.1 Å². The average Bonchev–Trinajstić information content (AvgIpc) is 2.78. The molecular formula is C22H36O2. The van der Waals surface area contributed by atoms with Gasteiger partial charge < -0.3 is 4.74 Å². The number of hydrogen-bond donors (Lipinski definition) is 0. The third-order valence-corrected chi connectivity index (χ3v) is 6.40. The molecule has 0 unspecified atom stereocenters. The zero-order chi connectivity index (χ0) is 18.0. The van der Waals surface area contributed by atoms with Crippen molar-refractivity contribution in [2.75, 3.05) is 0 Å². The first-order valence-corrected chi connectivity index (χ1v) is 9.68. The third kappa shape index (κ3) is 4.52. The van der Waals surface area contributed by atoms with Crippen molar-refractivity contribution in [2.24, 2.45) is 23.2 Å². The molecule has 2 aliphatic rings. The molecule has 2 heteroatoms. The van der Waals surface area contributed by atoms with Gasteiger partial charge in [-0.25, -0.2) is 0 Å². The predicted octanol–water partition coefficient (Wildman–Crippen LogP) is 6.07.